The maximum absolute atomic E-state index is 12.2. The van der Waals surface area contributed by atoms with Crippen molar-refractivity contribution in [3.05, 3.63) is 10.4 Å². The van der Waals surface area contributed by atoms with E-state index in [2.05, 4.69) is 15.3 Å². The fourth-order valence-electron chi connectivity index (χ4n) is 1.47. The fraction of sp³-hybridized carbons (Fsp3) is 0.769. The summed E-state index contributed by atoms with van der Waals surface area (Å²) in [5, 5.41) is 14.1. The first-order valence-corrected chi connectivity index (χ1v) is 6.96. The molecule has 0 rings (SSSR count). The number of Topliss-reactive ketones (excluding diaryl/α,β-unsaturated/α-hetero) is 1. The lowest BCUT2D eigenvalue weighted by Crippen LogP contribution is -2.47. The van der Waals surface area contributed by atoms with Gasteiger partial charge in [-0.3, -0.25) is 9.59 Å². The molecule has 0 bridgehead atoms. The zero-order chi connectivity index (χ0) is 17.9. The number of carbonyl (C=O) groups is 3. The molecule has 2 N–H and O–H groups in total. The second-order valence-corrected chi connectivity index (χ2v) is 5.62. The molecule has 1 amide bonds. The smallest absolute Gasteiger partial charge is 0.407 e. The van der Waals surface area contributed by atoms with Crippen molar-refractivity contribution >= 4 is 17.8 Å². The van der Waals surface area contributed by atoms with E-state index in [1.807, 2.05) is 0 Å². The zero-order valence-corrected chi connectivity index (χ0v) is 13.4. The van der Waals surface area contributed by atoms with Gasteiger partial charge in [0.25, 0.3) is 0 Å². The van der Waals surface area contributed by atoms with Crippen LogP contribution in [0.4, 0.5) is 4.79 Å². The lowest BCUT2D eigenvalue weighted by Gasteiger charge is -2.24. The molecule has 0 saturated carbocycles. The molecule has 10 heteroatoms. The Hall–Kier alpha value is -2.32. The highest BCUT2D eigenvalue weighted by molar-refractivity contribution is 5.91. The third kappa shape index (κ3) is 10.1. The van der Waals surface area contributed by atoms with E-state index < -0.39 is 23.5 Å². The van der Waals surface area contributed by atoms with Gasteiger partial charge in [-0.25, -0.2) is 4.79 Å². The predicted molar refractivity (Wildman–Crippen MR) is 79.8 cm³/mol. The van der Waals surface area contributed by atoms with Crippen LogP contribution >= 0.6 is 0 Å². The number of ketones is 1. The number of azide groups is 1. The van der Waals surface area contributed by atoms with Crippen LogP contribution in [-0.4, -0.2) is 55.4 Å². The SMILES string of the molecule is CC(C)(C)C(=O)C(CN=[N+]=[N-])NC(=O)OCCOCCC(=O)O. The number of amides is 1. The number of nitrogens with zero attached hydrogens (tertiary/aromatic N) is 3. The molecule has 0 aliphatic carbocycles. The first-order valence-electron chi connectivity index (χ1n) is 6.96. The van der Waals surface area contributed by atoms with E-state index in [9.17, 15) is 14.4 Å². The Morgan fingerprint density at radius 3 is 2.43 bits per heavy atom. The molecule has 10 nitrogen and oxygen atoms in total. The summed E-state index contributed by atoms with van der Waals surface area (Å²) in [6.07, 6.45) is -0.983. The Kier molecular flexibility index (Phi) is 9.36. The number of aliphatic carboxylic acids is 1. The van der Waals surface area contributed by atoms with Gasteiger partial charge in [0.15, 0.2) is 5.78 Å². The summed E-state index contributed by atoms with van der Waals surface area (Å²) in [7, 11) is 0. The molecular formula is C13H22N4O6. The highest BCUT2D eigenvalue weighted by Crippen LogP contribution is 2.17. The van der Waals surface area contributed by atoms with Crippen LogP contribution in [0.15, 0.2) is 5.11 Å². The van der Waals surface area contributed by atoms with E-state index in [0.717, 1.165) is 0 Å². The van der Waals surface area contributed by atoms with Crippen molar-refractivity contribution in [2.45, 2.75) is 33.2 Å². The van der Waals surface area contributed by atoms with Crippen molar-refractivity contribution < 1.29 is 29.0 Å². The number of rotatable bonds is 10. The summed E-state index contributed by atoms with van der Waals surface area (Å²) in [5.74, 6) is -1.27. The van der Waals surface area contributed by atoms with Gasteiger partial charge in [0, 0.05) is 10.3 Å². The summed E-state index contributed by atoms with van der Waals surface area (Å²) in [6.45, 7) is 4.79. The van der Waals surface area contributed by atoms with Crippen LogP contribution in [0, 0.1) is 5.41 Å². The van der Waals surface area contributed by atoms with Crippen molar-refractivity contribution in [1.29, 1.82) is 0 Å². The average molecular weight is 330 g/mol. The summed E-state index contributed by atoms with van der Waals surface area (Å²) in [4.78, 5) is 36.6. The van der Waals surface area contributed by atoms with Gasteiger partial charge in [-0.05, 0) is 5.53 Å². The van der Waals surface area contributed by atoms with Crippen molar-refractivity contribution in [2.24, 2.45) is 10.5 Å². The summed E-state index contributed by atoms with van der Waals surface area (Å²) in [6, 6.07) is -0.980. The van der Waals surface area contributed by atoms with Crippen LogP contribution in [0.1, 0.15) is 27.2 Å². The van der Waals surface area contributed by atoms with E-state index in [1.54, 1.807) is 20.8 Å². The van der Waals surface area contributed by atoms with Gasteiger partial charge in [-0.15, -0.1) is 0 Å². The number of carboxylic acid groups (broad SMARTS) is 1. The number of carboxylic acids is 1. The fourth-order valence-corrected chi connectivity index (χ4v) is 1.47. The second kappa shape index (κ2) is 10.4. The van der Waals surface area contributed by atoms with E-state index >= 15 is 0 Å². The van der Waals surface area contributed by atoms with Crippen LogP contribution in [0.3, 0.4) is 0 Å². The van der Waals surface area contributed by atoms with Crippen molar-refractivity contribution in [3.63, 3.8) is 0 Å². The van der Waals surface area contributed by atoms with Crippen molar-refractivity contribution in [2.75, 3.05) is 26.4 Å². The Morgan fingerprint density at radius 2 is 1.91 bits per heavy atom. The minimum Gasteiger partial charge on any atom is -0.481 e. The normalized spacial score (nSPS) is 12.0. The summed E-state index contributed by atoms with van der Waals surface area (Å²) in [5.41, 5.74) is 7.62. The molecule has 0 saturated heterocycles. The number of hydrogen-bond donors (Lipinski definition) is 2. The number of nitrogens with one attached hydrogen (secondary N) is 1. The molecule has 0 fully saturated rings. The molecule has 0 aromatic heterocycles. The molecule has 23 heavy (non-hydrogen) atoms. The molecule has 0 spiro atoms. The summed E-state index contributed by atoms with van der Waals surface area (Å²) >= 11 is 0. The first-order chi connectivity index (χ1) is 10.7. The molecule has 0 radical (unpaired) electrons. The van der Waals surface area contributed by atoms with Gasteiger partial charge in [-0.1, -0.05) is 25.9 Å². The molecular weight excluding hydrogens is 308 g/mol. The lowest BCUT2D eigenvalue weighted by atomic mass is 9.86. The van der Waals surface area contributed by atoms with Gasteiger partial charge in [0.2, 0.25) is 0 Å². The maximum Gasteiger partial charge on any atom is 0.407 e. The third-order valence-corrected chi connectivity index (χ3v) is 2.60. The van der Waals surface area contributed by atoms with E-state index in [4.69, 9.17) is 20.1 Å². The monoisotopic (exact) mass is 330 g/mol. The standard InChI is InChI=1S/C13H22N4O6/c1-13(2,3)11(20)9(8-15-17-14)16-12(21)23-7-6-22-5-4-10(18)19/h9H,4-8H2,1-3H3,(H,16,21)(H,18,19). The molecule has 0 aromatic carbocycles. The Morgan fingerprint density at radius 1 is 1.26 bits per heavy atom. The molecule has 1 unspecified atom stereocenters. The minimum absolute atomic E-state index is 0.0162. The van der Waals surface area contributed by atoms with Crippen molar-refractivity contribution in [1.82, 2.24) is 5.32 Å². The van der Waals surface area contributed by atoms with Crippen LogP contribution in [-0.2, 0) is 19.1 Å². The lowest BCUT2D eigenvalue weighted by molar-refractivity contribution is -0.138. The second-order valence-electron chi connectivity index (χ2n) is 5.62. The van der Waals surface area contributed by atoms with Crippen LogP contribution in [0.2, 0.25) is 0 Å². The molecule has 130 valence electrons. The number of carbonyl (C=O) groups excluding carboxylic acids is 2. The highest BCUT2D eigenvalue weighted by atomic mass is 16.6. The van der Waals surface area contributed by atoms with Gasteiger partial charge in [0.05, 0.1) is 32.2 Å². The molecule has 0 aliphatic rings. The molecule has 1 atom stereocenters. The average Bonchev–Trinajstić information content (AvgIpc) is 2.45. The highest BCUT2D eigenvalue weighted by Gasteiger charge is 2.30. The van der Waals surface area contributed by atoms with E-state index in [0.29, 0.717) is 0 Å². The predicted octanol–water partition coefficient (Wildman–Crippen LogP) is 1.50. The number of alkyl carbamates (subject to hydrolysis) is 1. The maximum atomic E-state index is 12.2. The topological polar surface area (TPSA) is 151 Å². The third-order valence-electron chi connectivity index (χ3n) is 2.60. The largest absolute Gasteiger partial charge is 0.481 e. The van der Waals surface area contributed by atoms with Gasteiger partial charge < -0.3 is 19.9 Å². The first kappa shape index (κ1) is 20.7. The molecule has 0 aliphatic heterocycles. The Labute approximate surface area is 133 Å². The van der Waals surface area contributed by atoms with Crippen LogP contribution in [0.25, 0.3) is 10.4 Å². The molecule has 0 aromatic rings. The minimum atomic E-state index is -0.981. The summed E-state index contributed by atoms with van der Waals surface area (Å²) < 4.78 is 9.76. The van der Waals surface area contributed by atoms with E-state index in [-0.39, 0.29) is 38.6 Å². The van der Waals surface area contributed by atoms with Gasteiger partial charge >= 0.3 is 12.1 Å². The Bertz CT molecular complexity index is 468. The number of hydrogen-bond acceptors (Lipinski definition) is 6. The quantitative estimate of drug-likeness (QED) is 0.268. The van der Waals surface area contributed by atoms with E-state index in [1.165, 1.54) is 0 Å². The van der Waals surface area contributed by atoms with Gasteiger partial charge in [-0.2, -0.15) is 0 Å². The Balaban J connectivity index is 4.26. The van der Waals surface area contributed by atoms with Crippen molar-refractivity contribution in [3.8, 4) is 0 Å². The van der Waals surface area contributed by atoms with Crippen LogP contribution in [0.5, 0.6) is 0 Å². The number of ether oxygens (including phenoxy) is 2. The van der Waals surface area contributed by atoms with Crippen LogP contribution < -0.4 is 5.32 Å². The zero-order valence-electron chi connectivity index (χ0n) is 13.4. The molecule has 0 heterocycles. The van der Waals surface area contributed by atoms with Gasteiger partial charge in [0.1, 0.15) is 6.61 Å².